The van der Waals surface area contributed by atoms with Gasteiger partial charge in [-0.3, -0.25) is 4.79 Å². The van der Waals surface area contributed by atoms with Crippen LogP contribution in [-0.2, 0) is 4.84 Å². The summed E-state index contributed by atoms with van der Waals surface area (Å²) in [5.41, 5.74) is 0.318. The molecule has 0 spiro atoms. The van der Waals surface area contributed by atoms with Crippen molar-refractivity contribution in [2.24, 2.45) is 5.16 Å². The van der Waals surface area contributed by atoms with Crippen LogP contribution in [0.4, 0.5) is 0 Å². The summed E-state index contributed by atoms with van der Waals surface area (Å²) in [5.74, 6) is -0.344. The van der Waals surface area contributed by atoms with Gasteiger partial charge in [-0.15, -0.1) is 5.06 Å². The molecule has 0 unspecified atom stereocenters. The Bertz CT molecular complexity index is 730. The van der Waals surface area contributed by atoms with Crippen molar-refractivity contribution in [1.82, 2.24) is 5.06 Å². The lowest BCUT2D eigenvalue weighted by Crippen LogP contribution is -2.60. The smallest absolute Gasteiger partial charge is 0.272 e. The lowest BCUT2D eigenvalue weighted by atomic mass is 9.97. The molecule has 5 nitrogen and oxygen atoms in total. The van der Waals surface area contributed by atoms with Gasteiger partial charge in [0.1, 0.15) is 5.71 Å². The first-order chi connectivity index (χ1) is 11.0. The molecule has 5 heteroatoms. The summed E-state index contributed by atoms with van der Waals surface area (Å²) in [7, 11) is 0. The summed E-state index contributed by atoms with van der Waals surface area (Å²) in [5, 5.41) is 15.6. The second-order valence-corrected chi connectivity index (χ2v) is 5.63. The Balaban J connectivity index is 1.95. The van der Waals surface area contributed by atoms with Crippen molar-refractivity contribution in [3.63, 3.8) is 0 Å². The van der Waals surface area contributed by atoms with Crippen LogP contribution in [0, 0.1) is 0 Å². The van der Waals surface area contributed by atoms with Gasteiger partial charge in [0.25, 0.3) is 5.72 Å². The van der Waals surface area contributed by atoms with Gasteiger partial charge in [-0.1, -0.05) is 65.8 Å². The van der Waals surface area contributed by atoms with E-state index in [0.717, 1.165) is 10.6 Å². The molecule has 2 atom stereocenters. The van der Waals surface area contributed by atoms with E-state index in [1.54, 1.807) is 31.2 Å². The fourth-order valence-electron chi connectivity index (χ4n) is 2.65. The number of hydrogen-bond acceptors (Lipinski definition) is 5. The Morgan fingerprint density at radius 1 is 1.13 bits per heavy atom. The summed E-state index contributed by atoms with van der Waals surface area (Å²) < 4.78 is 0. The first kappa shape index (κ1) is 15.4. The number of oxime groups is 1. The largest absolute Gasteiger partial charge is 0.362 e. The minimum atomic E-state index is -1.56. The zero-order valence-electron chi connectivity index (χ0n) is 13.0. The lowest BCUT2D eigenvalue weighted by molar-refractivity contribution is -0.266. The summed E-state index contributed by atoms with van der Waals surface area (Å²) in [4.78, 5) is 18.2. The molecule has 0 saturated heterocycles. The van der Waals surface area contributed by atoms with Gasteiger partial charge in [-0.2, -0.15) is 0 Å². The number of ketones is 1. The monoisotopic (exact) mass is 310 g/mol. The fraction of sp³-hybridized carbons (Fsp3) is 0.222. The van der Waals surface area contributed by atoms with Crippen LogP contribution < -0.4 is 0 Å². The summed E-state index contributed by atoms with van der Waals surface area (Å²) >= 11 is 0. The Hall–Kier alpha value is -2.50. The van der Waals surface area contributed by atoms with Gasteiger partial charge in [-0.05, 0) is 6.92 Å². The molecule has 0 amide bonds. The van der Waals surface area contributed by atoms with Crippen molar-refractivity contribution in [3.05, 3.63) is 71.8 Å². The topological polar surface area (TPSA) is 62.1 Å². The molecule has 1 heterocycles. The SMILES string of the molecule is C[C@@H]1C(c2ccccc2)=NO[C@](C)(C(=O)c2ccccc2)N1O. The van der Waals surface area contributed by atoms with Crippen molar-refractivity contribution in [1.29, 1.82) is 0 Å². The highest BCUT2D eigenvalue weighted by atomic mass is 16.7. The van der Waals surface area contributed by atoms with Crippen molar-refractivity contribution < 1.29 is 14.8 Å². The lowest BCUT2D eigenvalue weighted by Gasteiger charge is -2.40. The molecule has 0 radical (unpaired) electrons. The number of hydrogen-bond donors (Lipinski definition) is 1. The molecule has 1 N–H and O–H groups in total. The number of carbonyl (C=O) groups is 1. The standard InChI is InChI=1S/C18H18N2O3/c1-13-16(14-9-5-3-6-10-14)19-23-18(2,20(13)22)17(21)15-11-7-4-8-12-15/h3-13,22H,1-2H3/t13-,18-/m1/s1. The molecule has 0 saturated carbocycles. The number of hydroxylamine groups is 2. The van der Waals surface area contributed by atoms with E-state index in [1.807, 2.05) is 36.4 Å². The number of rotatable bonds is 3. The van der Waals surface area contributed by atoms with E-state index in [9.17, 15) is 10.0 Å². The van der Waals surface area contributed by atoms with E-state index in [-0.39, 0.29) is 5.78 Å². The molecule has 2 aromatic rings. The van der Waals surface area contributed by atoms with E-state index in [0.29, 0.717) is 11.3 Å². The minimum absolute atomic E-state index is 0.344. The first-order valence-corrected chi connectivity index (χ1v) is 7.43. The van der Waals surface area contributed by atoms with E-state index in [2.05, 4.69) is 5.16 Å². The van der Waals surface area contributed by atoms with E-state index in [1.165, 1.54) is 6.92 Å². The first-order valence-electron chi connectivity index (χ1n) is 7.43. The molecule has 0 fully saturated rings. The predicted octanol–water partition coefficient (Wildman–Crippen LogP) is 3.10. The molecular weight excluding hydrogens is 292 g/mol. The van der Waals surface area contributed by atoms with Crippen LogP contribution in [0.15, 0.2) is 65.8 Å². The third-order valence-electron chi connectivity index (χ3n) is 4.05. The molecular formula is C18H18N2O3. The number of Topliss-reactive ketones (excluding diaryl/α,β-unsaturated/α-hetero) is 1. The Kier molecular flexibility index (Phi) is 3.98. The minimum Gasteiger partial charge on any atom is -0.362 e. The number of benzene rings is 2. The van der Waals surface area contributed by atoms with Crippen LogP contribution in [0.1, 0.15) is 29.8 Å². The zero-order valence-corrected chi connectivity index (χ0v) is 13.0. The van der Waals surface area contributed by atoms with Gasteiger partial charge in [0.15, 0.2) is 0 Å². The van der Waals surface area contributed by atoms with Crippen LogP contribution in [0.25, 0.3) is 0 Å². The molecule has 23 heavy (non-hydrogen) atoms. The highest BCUT2D eigenvalue weighted by molar-refractivity contribution is 6.06. The second kappa shape index (κ2) is 5.95. The van der Waals surface area contributed by atoms with Gasteiger partial charge in [0.05, 0.1) is 6.04 Å². The zero-order chi connectivity index (χ0) is 16.4. The maximum Gasteiger partial charge on any atom is 0.272 e. The highest BCUT2D eigenvalue weighted by Crippen LogP contribution is 2.29. The van der Waals surface area contributed by atoms with Crippen molar-refractivity contribution >= 4 is 11.5 Å². The summed E-state index contributed by atoms with van der Waals surface area (Å²) in [6.07, 6.45) is 0. The fourth-order valence-corrected chi connectivity index (χ4v) is 2.65. The van der Waals surface area contributed by atoms with Crippen LogP contribution in [0.2, 0.25) is 0 Å². The van der Waals surface area contributed by atoms with Crippen molar-refractivity contribution in [2.45, 2.75) is 25.6 Å². The molecule has 0 aromatic heterocycles. The van der Waals surface area contributed by atoms with Gasteiger partial charge >= 0.3 is 0 Å². The average Bonchev–Trinajstić information content (AvgIpc) is 2.61. The Morgan fingerprint density at radius 2 is 1.70 bits per heavy atom. The van der Waals surface area contributed by atoms with Gasteiger partial charge in [0, 0.05) is 18.1 Å². The van der Waals surface area contributed by atoms with Crippen LogP contribution in [-0.4, -0.2) is 33.5 Å². The van der Waals surface area contributed by atoms with E-state index >= 15 is 0 Å². The normalized spacial score (nSPS) is 24.7. The van der Waals surface area contributed by atoms with E-state index in [4.69, 9.17) is 4.84 Å². The summed E-state index contributed by atoms with van der Waals surface area (Å²) in [6.45, 7) is 3.30. The van der Waals surface area contributed by atoms with Gasteiger partial charge < -0.3 is 10.0 Å². The van der Waals surface area contributed by atoms with Crippen molar-refractivity contribution in [3.8, 4) is 0 Å². The van der Waals surface area contributed by atoms with Gasteiger partial charge in [0.2, 0.25) is 5.78 Å². The third kappa shape index (κ3) is 2.65. The molecule has 1 aliphatic rings. The molecule has 3 rings (SSSR count). The van der Waals surface area contributed by atoms with E-state index < -0.39 is 11.8 Å². The second-order valence-electron chi connectivity index (χ2n) is 5.63. The average molecular weight is 310 g/mol. The van der Waals surface area contributed by atoms with Crippen molar-refractivity contribution in [2.75, 3.05) is 0 Å². The molecule has 118 valence electrons. The number of nitrogens with zero attached hydrogens (tertiary/aromatic N) is 2. The van der Waals surface area contributed by atoms with Gasteiger partial charge in [-0.25, -0.2) is 0 Å². The predicted molar refractivity (Wildman–Crippen MR) is 86.3 cm³/mol. The molecule has 2 aromatic carbocycles. The maximum atomic E-state index is 12.7. The molecule has 0 aliphatic carbocycles. The maximum absolute atomic E-state index is 12.7. The van der Waals surface area contributed by atoms with Crippen LogP contribution >= 0.6 is 0 Å². The summed E-state index contributed by atoms with van der Waals surface area (Å²) in [6, 6.07) is 17.7. The highest BCUT2D eigenvalue weighted by Gasteiger charge is 2.49. The Labute approximate surface area is 134 Å². The number of carbonyl (C=O) groups excluding carboxylic acids is 1. The molecule has 0 bridgehead atoms. The van der Waals surface area contributed by atoms with Crippen LogP contribution in [0.3, 0.4) is 0 Å². The quantitative estimate of drug-likeness (QED) is 0.885. The Morgan fingerprint density at radius 3 is 2.30 bits per heavy atom. The third-order valence-corrected chi connectivity index (χ3v) is 4.05. The van der Waals surface area contributed by atoms with Crippen LogP contribution in [0.5, 0.6) is 0 Å². The molecule has 1 aliphatic heterocycles.